The van der Waals surface area contributed by atoms with Crippen molar-refractivity contribution in [3.63, 3.8) is 0 Å². The lowest BCUT2D eigenvalue weighted by molar-refractivity contribution is -0.136. The van der Waals surface area contributed by atoms with Gasteiger partial charge in [-0.05, 0) is 26.7 Å². The molecule has 1 fully saturated rings. The van der Waals surface area contributed by atoms with Crippen molar-refractivity contribution >= 4 is 16.0 Å². The number of carbonyl (C=O) groups is 1. The maximum absolute atomic E-state index is 11.3. The minimum atomic E-state index is -3.70. The van der Waals surface area contributed by atoms with Gasteiger partial charge in [-0.15, -0.1) is 0 Å². The number of hydrogen-bond donors (Lipinski definition) is 2. The molecule has 0 aromatic rings. The highest BCUT2D eigenvalue weighted by Gasteiger charge is 2.43. The molecule has 0 aliphatic heterocycles. The molecule has 2 N–H and O–H groups in total. The average molecular weight is 207 g/mol. The van der Waals surface area contributed by atoms with E-state index in [1.807, 2.05) is 0 Å². The van der Waals surface area contributed by atoms with Gasteiger partial charge in [0.2, 0.25) is 10.0 Å². The predicted molar refractivity (Wildman–Crippen MR) is 46.8 cm³/mol. The molecule has 6 heteroatoms. The Morgan fingerprint density at radius 2 is 2.00 bits per heavy atom. The van der Waals surface area contributed by atoms with E-state index < -0.39 is 26.8 Å². The number of nitrogens with one attached hydrogen (secondary N) is 1. The van der Waals surface area contributed by atoms with E-state index in [0.717, 1.165) is 19.8 Å². The zero-order valence-corrected chi connectivity index (χ0v) is 8.39. The second-order valence-electron chi connectivity index (χ2n) is 3.69. The van der Waals surface area contributed by atoms with Crippen LogP contribution in [0.2, 0.25) is 0 Å². The highest BCUT2D eigenvalue weighted by Crippen LogP contribution is 2.35. The van der Waals surface area contributed by atoms with Crippen LogP contribution in [0.25, 0.3) is 0 Å². The fourth-order valence-corrected chi connectivity index (χ4v) is 2.19. The first-order chi connectivity index (χ1) is 5.77. The normalized spacial score (nSPS) is 22.3. The van der Waals surface area contributed by atoms with Crippen molar-refractivity contribution < 1.29 is 18.3 Å². The Labute approximate surface area is 77.2 Å². The Kier molecular flexibility index (Phi) is 2.38. The molecule has 1 rings (SSSR count). The van der Waals surface area contributed by atoms with Gasteiger partial charge in [0.25, 0.3) is 0 Å². The molecule has 1 aliphatic carbocycles. The molecule has 0 heterocycles. The fraction of sp³-hybridized carbons (Fsp3) is 0.857. The fourth-order valence-electron chi connectivity index (χ4n) is 0.854. The van der Waals surface area contributed by atoms with E-state index >= 15 is 0 Å². The minimum absolute atomic E-state index is 0.400. The smallest absolute Gasteiger partial charge is 0.323 e. The molecular formula is C7H13NO4S. The largest absolute Gasteiger partial charge is 0.480 e. The molecule has 13 heavy (non-hydrogen) atoms. The Morgan fingerprint density at radius 3 is 2.31 bits per heavy atom. The third kappa shape index (κ3) is 2.41. The van der Waals surface area contributed by atoms with Crippen molar-refractivity contribution in [1.82, 2.24) is 4.72 Å². The molecule has 0 radical (unpaired) electrons. The zero-order chi connectivity index (χ0) is 10.3. The summed E-state index contributed by atoms with van der Waals surface area (Å²) in [6.07, 6.45) is 1.55. The molecule has 1 saturated carbocycles. The summed E-state index contributed by atoms with van der Waals surface area (Å²) in [5, 5.41) is 7.13. The summed E-state index contributed by atoms with van der Waals surface area (Å²) in [6.45, 7) is 2.93. The molecule has 0 aromatic heterocycles. The number of sulfonamides is 1. The van der Waals surface area contributed by atoms with Gasteiger partial charge >= 0.3 is 5.97 Å². The lowest BCUT2D eigenvalue weighted by atomic mass is 10.4. The number of rotatable bonds is 4. The summed E-state index contributed by atoms with van der Waals surface area (Å²) >= 11 is 0. The molecule has 5 nitrogen and oxygen atoms in total. The summed E-state index contributed by atoms with van der Waals surface area (Å²) in [6, 6.07) is 0. The van der Waals surface area contributed by atoms with Gasteiger partial charge in [0, 0.05) is 5.54 Å². The SMILES string of the molecule is CC(C(=O)O)S(=O)(=O)NC1(C)CC1. The number of aliphatic carboxylic acids is 1. The molecule has 0 spiro atoms. The first-order valence-electron chi connectivity index (χ1n) is 4.02. The lowest BCUT2D eigenvalue weighted by Crippen LogP contribution is -2.42. The summed E-state index contributed by atoms with van der Waals surface area (Å²) < 4.78 is 25.1. The number of carboxylic acids is 1. The van der Waals surface area contributed by atoms with Gasteiger partial charge in [-0.3, -0.25) is 4.79 Å². The Bertz CT molecular complexity index is 317. The zero-order valence-electron chi connectivity index (χ0n) is 7.57. The standard InChI is InChI=1S/C7H13NO4S/c1-5(6(9)10)13(11,12)8-7(2)3-4-7/h5,8H,3-4H2,1-2H3,(H,9,10). The Balaban J connectivity index is 2.71. The van der Waals surface area contributed by atoms with Crippen LogP contribution in [-0.4, -0.2) is 30.3 Å². The highest BCUT2D eigenvalue weighted by molar-refractivity contribution is 7.90. The van der Waals surface area contributed by atoms with Crippen LogP contribution in [0, 0.1) is 0 Å². The maximum Gasteiger partial charge on any atom is 0.323 e. The lowest BCUT2D eigenvalue weighted by Gasteiger charge is -2.14. The summed E-state index contributed by atoms with van der Waals surface area (Å²) in [5.74, 6) is -1.32. The average Bonchev–Trinajstić information content (AvgIpc) is 2.64. The van der Waals surface area contributed by atoms with Crippen molar-refractivity contribution in [3.8, 4) is 0 Å². The van der Waals surface area contributed by atoms with E-state index in [-0.39, 0.29) is 0 Å². The van der Waals surface area contributed by atoms with Crippen molar-refractivity contribution in [2.75, 3.05) is 0 Å². The molecule has 76 valence electrons. The van der Waals surface area contributed by atoms with Crippen LogP contribution in [0.5, 0.6) is 0 Å². The first kappa shape index (κ1) is 10.5. The highest BCUT2D eigenvalue weighted by atomic mass is 32.2. The van der Waals surface area contributed by atoms with E-state index in [2.05, 4.69) is 4.72 Å². The van der Waals surface area contributed by atoms with Crippen molar-refractivity contribution in [3.05, 3.63) is 0 Å². The van der Waals surface area contributed by atoms with Crippen LogP contribution in [0.4, 0.5) is 0 Å². The summed E-state index contributed by atoms with van der Waals surface area (Å²) in [5.41, 5.74) is -0.400. The third-order valence-corrected chi connectivity index (χ3v) is 4.11. The monoisotopic (exact) mass is 207 g/mol. The van der Waals surface area contributed by atoms with Crippen LogP contribution in [0.1, 0.15) is 26.7 Å². The van der Waals surface area contributed by atoms with Crippen LogP contribution in [-0.2, 0) is 14.8 Å². The van der Waals surface area contributed by atoms with Gasteiger partial charge in [0.05, 0.1) is 0 Å². The Hall–Kier alpha value is -0.620. The molecule has 1 unspecified atom stereocenters. The van der Waals surface area contributed by atoms with E-state index in [4.69, 9.17) is 5.11 Å². The van der Waals surface area contributed by atoms with Crippen LogP contribution in [0.15, 0.2) is 0 Å². The molecule has 1 atom stereocenters. The molecule has 0 aromatic carbocycles. The molecule has 0 bridgehead atoms. The molecule has 1 aliphatic rings. The van der Waals surface area contributed by atoms with Gasteiger partial charge in [-0.1, -0.05) is 0 Å². The van der Waals surface area contributed by atoms with Gasteiger partial charge in [0.15, 0.2) is 5.25 Å². The van der Waals surface area contributed by atoms with Gasteiger partial charge in [-0.2, -0.15) is 0 Å². The van der Waals surface area contributed by atoms with Crippen LogP contribution >= 0.6 is 0 Å². The first-order valence-corrected chi connectivity index (χ1v) is 5.57. The third-order valence-electron chi connectivity index (χ3n) is 2.20. The number of hydrogen-bond acceptors (Lipinski definition) is 3. The predicted octanol–water partition coefficient (Wildman–Crippen LogP) is -0.0686. The van der Waals surface area contributed by atoms with E-state index in [9.17, 15) is 13.2 Å². The van der Waals surface area contributed by atoms with E-state index in [1.54, 1.807) is 6.92 Å². The minimum Gasteiger partial charge on any atom is -0.480 e. The summed E-state index contributed by atoms with van der Waals surface area (Å²) in [4.78, 5) is 10.4. The Morgan fingerprint density at radius 1 is 1.54 bits per heavy atom. The van der Waals surface area contributed by atoms with Crippen molar-refractivity contribution in [2.45, 2.75) is 37.5 Å². The topological polar surface area (TPSA) is 83.5 Å². The number of carboxylic acid groups (broad SMARTS) is 1. The van der Waals surface area contributed by atoms with Crippen LogP contribution in [0.3, 0.4) is 0 Å². The second kappa shape index (κ2) is 2.95. The van der Waals surface area contributed by atoms with Crippen molar-refractivity contribution in [2.24, 2.45) is 0 Å². The van der Waals surface area contributed by atoms with E-state index in [1.165, 1.54) is 0 Å². The second-order valence-corrected chi connectivity index (χ2v) is 5.69. The van der Waals surface area contributed by atoms with Gasteiger partial charge in [0.1, 0.15) is 0 Å². The van der Waals surface area contributed by atoms with E-state index in [0.29, 0.717) is 0 Å². The molecule has 0 saturated heterocycles. The van der Waals surface area contributed by atoms with Crippen molar-refractivity contribution in [1.29, 1.82) is 0 Å². The maximum atomic E-state index is 11.3. The van der Waals surface area contributed by atoms with Gasteiger partial charge < -0.3 is 5.11 Å². The quantitative estimate of drug-likeness (QED) is 0.676. The molecule has 0 amide bonds. The summed E-state index contributed by atoms with van der Waals surface area (Å²) in [7, 11) is -3.70. The molecular weight excluding hydrogens is 194 g/mol. The van der Waals surface area contributed by atoms with Gasteiger partial charge in [-0.25, -0.2) is 13.1 Å². The van der Waals surface area contributed by atoms with Crippen LogP contribution < -0.4 is 4.72 Å².